The number of rotatable bonds is 2. The lowest BCUT2D eigenvalue weighted by molar-refractivity contribution is -0.135. The molecule has 0 aromatic carbocycles. The molecule has 1 saturated heterocycles. The van der Waals surface area contributed by atoms with Crippen molar-refractivity contribution >= 4 is 5.91 Å². The molecule has 1 N–H and O–H groups in total. The number of nitrogens with one attached hydrogen (secondary N) is 1. The van der Waals surface area contributed by atoms with Crippen LogP contribution in [0.15, 0.2) is 21.9 Å². The van der Waals surface area contributed by atoms with E-state index in [1.165, 1.54) is 42.5 Å². The van der Waals surface area contributed by atoms with E-state index in [-0.39, 0.29) is 12.5 Å². The van der Waals surface area contributed by atoms with Crippen LogP contribution in [0.2, 0.25) is 0 Å². The minimum absolute atomic E-state index is 0.00694. The molecule has 1 aliphatic heterocycles. The number of carbonyl (C=O) groups is 1. The first-order valence-corrected chi connectivity index (χ1v) is 7.71. The molecule has 21 heavy (non-hydrogen) atoms. The summed E-state index contributed by atoms with van der Waals surface area (Å²) in [6, 6.07) is 1.27. The van der Waals surface area contributed by atoms with Gasteiger partial charge in [0.25, 0.3) is 5.56 Å². The number of carbonyl (C=O) groups excluding carboxylic acids is 1. The van der Waals surface area contributed by atoms with Crippen LogP contribution in [0, 0.1) is 11.8 Å². The Hall–Kier alpha value is -1.85. The fourth-order valence-electron chi connectivity index (χ4n) is 3.64. The second-order valence-electron chi connectivity index (χ2n) is 6.17. The Kier molecular flexibility index (Phi) is 3.94. The van der Waals surface area contributed by atoms with E-state index >= 15 is 0 Å². The summed E-state index contributed by atoms with van der Waals surface area (Å²) in [6.07, 6.45) is 7.56. The van der Waals surface area contributed by atoms with Gasteiger partial charge in [-0.15, -0.1) is 0 Å². The van der Waals surface area contributed by atoms with Crippen molar-refractivity contribution in [1.29, 1.82) is 0 Å². The number of fused-ring (bicyclic) bond motifs is 1. The van der Waals surface area contributed by atoms with Crippen molar-refractivity contribution < 1.29 is 4.79 Å². The van der Waals surface area contributed by atoms with Gasteiger partial charge in [-0.2, -0.15) is 0 Å². The van der Waals surface area contributed by atoms with E-state index in [9.17, 15) is 14.4 Å². The van der Waals surface area contributed by atoms with Crippen LogP contribution in [0.4, 0.5) is 0 Å². The van der Waals surface area contributed by atoms with Crippen molar-refractivity contribution in [3.05, 3.63) is 33.1 Å². The van der Waals surface area contributed by atoms with E-state index in [0.29, 0.717) is 5.92 Å². The first kappa shape index (κ1) is 14.1. The highest BCUT2D eigenvalue weighted by Gasteiger charge is 2.32. The number of H-pyrrole nitrogens is 1. The van der Waals surface area contributed by atoms with Crippen LogP contribution in [0.1, 0.15) is 32.1 Å². The monoisotopic (exact) mass is 291 g/mol. The number of amides is 1. The largest absolute Gasteiger partial charge is 0.341 e. The van der Waals surface area contributed by atoms with Crippen molar-refractivity contribution in [1.82, 2.24) is 14.5 Å². The Balaban J connectivity index is 1.65. The van der Waals surface area contributed by atoms with Gasteiger partial charge in [0.05, 0.1) is 0 Å². The minimum Gasteiger partial charge on any atom is -0.341 e. The second kappa shape index (κ2) is 5.87. The van der Waals surface area contributed by atoms with Gasteiger partial charge < -0.3 is 4.90 Å². The smallest absolute Gasteiger partial charge is 0.328 e. The molecule has 2 fully saturated rings. The molecule has 2 atom stereocenters. The zero-order valence-corrected chi connectivity index (χ0v) is 12.1. The van der Waals surface area contributed by atoms with Gasteiger partial charge in [-0.1, -0.05) is 19.3 Å². The van der Waals surface area contributed by atoms with Crippen molar-refractivity contribution in [2.75, 3.05) is 13.1 Å². The summed E-state index contributed by atoms with van der Waals surface area (Å²) >= 11 is 0. The van der Waals surface area contributed by atoms with Gasteiger partial charge in [-0.25, -0.2) is 4.79 Å². The van der Waals surface area contributed by atoms with E-state index in [4.69, 9.17) is 0 Å². The minimum atomic E-state index is -0.525. The molecular formula is C15H21N3O3. The van der Waals surface area contributed by atoms with Crippen LogP contribution in [0.5, 0.6) is 0 Å². The van der Waals surface area contributed by atoms with Crippen LogP contribution < -0.4 is 11.2 Å². The molecule has 1 aliphatic carbocycles. The van der Waals surface area contributed by atoms with Crippen LogP contribution in [-0.2, 0) is 11.3 Å². The second-order valence-corrected chi connectivity index (χ2v) is 6.17. The average molecular weight is 291 g/mol. The van der Waals surface area contributed by atoms with Crippen molar-refractivity contribution in [3.8, 4) is 0 Å². The fraction of sp³-hybridized carbons (Fsp3) is 0.667. The summed E-state index contributed by atoms with van der Waals surface area (Å²) in [7, 11) is 0. The van der Waals surface area contributed by atoms with Crippen LogP contribution in [0.3, 0.4) is 0 Å². The van der Waals surface area contributed by atoms with E-state index in [0.717, 1.165) is 25.4 Å². The molecule has 0 bridgehead atoms. The zero-order chi connectivity index (χ0) is 14.8. The molecule has 6 nitrogen and oxygen atoms in total. The SMILES string of the molecule is O=C(Cn1ccc(=O)[nH]c1=O)N1CC[C@H]2CCCC[C@H]2C1. The summed E-state index contributed by atoms with van der Waals surface area (Å²) < 4.78 is 1.26. The topological polar surface area (TPSA) is 75.2 Å². The van der Waals surface area contributed by atoms with E-state index in [1.54, 1.807) is 0 Å². The molecule has 0 spiro atoms. The normalized spacial score (nSPS) is 25.4. The van der Waals surface area contributed by atoms with E-state index in [1.807, 2.05) is 4.90 Å². The lowest BCUT2D eigenvalue weighted by Crippen LogP contribution is -2.46. The predicted molar refractivity (Wildman–Crippen MR) is 78.0 cm³/mol. The van der Waals surface area contributed by atoms with E-state index in [2.05, 4.69) is 4.98 Å². The number of aromatic nitrogens is 2. The highest BCUT2D eigenvalue weighted by molar-refractivity contribution is 5.76. The molecule has 1 amide bonds. The molecule has 6 heteroatoms. The van der Waals surface area contributed by atoms with Gasteiger partial charge in [0, 0.05) is 25.4 Å². The number of hydrogen-bond acceptors (Lipinski definition) is 3. The van der Waals surface area contributed by atoms with Gasteiger partial charge in [-0.05, 0) is 24.7 Å². The molecular weight excluding hydrogens is 270 g/mol. The molecule has 0 unspecified atom stereocenters. The third-order valence-electron chi connectivity index (χ3n) is 4.85. The van der Waals surface area contributed by atoms with Gasteiger partial charge >= 0.3 is 5.69 Å². The summed E-state index contributed by atoms with van der Waals surface area (Å²) in [6.45, 7) is 1.62. The summed E-state index contributed by atoms with van der Waals surface area (Å²) in [5.41, 5.74) is -0.963. The number of aromatic amines is 1. The van der Waals surface area contributed by atoms with Gasteiger partial charge in [0.1, 0.15) is 6.54 Å². The lowest BCUT2D eigenvalue weighted by atomic mass is 9.75. The van der Waals surface area contributed by atoms with Gasteiger partial charge in [0.2, 0.25) is 5.91 Å². The Bertz CT molecular complexity index is 634. The average Bonchev–Trinajstić information content (AvgIpc) is 2.49. The lowest BCUT2D eigenvalue weighted by Gasteiger charge is -2.41. The third-order valence-corrected chi connectivity index (χ3v) is 4.85. The number of hydrogen-bond donors (Lipinski definition) is 1. The molecule has 1 aromatic heterocycles. The van der Waals surface area contributed by atoms with Gasteiger partial charge in [0.15, 0.2) is 0 Å². The predicted octanol–water partition coefficient (Wildman–Crippen LogP) is 0.575. The molecule has 1 aromatic rings. The van der Waals surface area contributed by atoms with Crippen LogP contribution in [-0.4, -0.2) is 33.4 Å². The summed E-state index contributed by atoms with van der Waals surface area (Å²) in [5.74, 6) is 1.37. The maximum absolute atomic E-state index is 12.4. The maximum atomic E-state index is 12.4. The summed E-state index contributed by atoms with van der Waals surface area (Å²) in [4.78, 5) is 39.1. The highest BCUT2D eigenvalue weighted by atomic mass is 16.2. The number of piperidine rings is 1. The Morgan fingerprint density at radius 1 is 1.19 bits per heavy atom. The molecule has 1 saturated carbocycles. The maximum Gasteiger partial charge on any atom is 0.328 e. The fourth-order valence-corrected chi connectivity index (χ4v) is 3.64. The third kappa shape index (κ3) is 3.09. The van der Waals surface area contributed by atoms with E-state index < -0.39 is 11.2 Å². The molecule has 0 radical (unpaired) electrons. The molecule has 2 aliphatic rings. The number of likely N-dealkylation sites (tertiary alicyclic amines) is 1. The first-order chi connectivity index (χ1) is 10.1. The Labute approximate surface area is 122 Å². The first-order valence-electron chi connectivity index (χ1n) is 7.71. The molecule has 3 rings (SSSR count). The molecule has 114 valence electrons. The highest BCUT2D eigenvalue weighted by Crippen LogP contribution is 2.35. The van der Waals surface area contributed by atoms with Gasteiger partial charge in [-0.3, -0.25) is 19.1 Å². The number of nitrogens with zero attached hydrogens (tertiary/aromatic N) is 2. The van der Waals surface area contributed by atoms with Crippen molar-refractivity contribution in [2.45, 2.75) is 38.6 Å². The van der Waals surface area contributed by atoms with Crippen LogP contribution >= 0.6 is 0 Å². The zero-order valence-electron chi connectivity index (χ0n) is 12.1. The molecule has 2 heterocycles. The van der Waals surface area contributed by atoms with Crippen LogP contribution in [0.25, 0.3) is 0 Å². The Morgan fingerprint density at radius 2 is 1.95 bits per heavy atom. The standard InChI is InChI=1S/C15H21N3O3/c19-13-6-8-18(15(21)16-13)10-14(20)17-7-5-11-3-1-2-4-12(11)9-17/h6,8,11-12H,1-5,7,9-10H2,(H,16,19,21)/t11-,12+/m1/s1. The quantitative estimate of drug-likeness (QED) is 0.866. The van der Waals surface area contributed by atoms with Crippen molar-refractivity contribution in [2.24, 2.45) is 11.8 Å². The Morgan fingerprint density at radius 3 is 2.71 bits per heavy atom. The summed E-state index contributed by atoms with van der Waals surface area (Å²) in [5, 5.41) is 0. The van der Waals surface area contributed by atoms with Crippen molar-refractivity contribution in [3.63, 3.8) is 0 Å².